The van der Waals surface area contributed by atoms with Gasteiger partial charge in [-0.15, -0.1) is 11.8 Å². The molecule has 0 spiro atoms. The van der Waals surface area contributed by atoms with E-state index in [4.69, 9.17) is 28.2 Å². The van der Waals surface area contributed by atoms with Crippen LogP contribution in [0.1, 0.15) is 11.1 Å². The van der Waals surface area contributed by atoms with Gasteiger partial charge in [-0.25, -0.2) is 4.98 Å². The molecule has 7 heteroatoms. The molecule has 0 unspecified atom stereocenters. The Morgan fingerprint density at radius 3 is 2.47 bits per heavy atom. The van der Waals surface area contributed by atoms with Gasteiger partial charge in [0.15, 0.2) is 5.13 Å². The smallest absolute Gasteiger partial charge is 0.239 e. The van der Waals surface area contributed by atoms with Crippen LogP contribution in [0.3, 0.4) is 0 Å². The van der Waals surface area contributed by atoms with Crippen LogP contribution in [0.2, 0.25) is 10.0 Å². The topological polar surface area (TPSA) is 33.2 Å². The molecule has 1 amide bonds. The molecule has 0 atom stereocenters. The number of benzene rings is 3. The molecule has 3 aromatic carbocycles. The fourth-order valence-electron chi connectivity index (χ4n) is 2.99. The van der Waals surface area contributed by atoms with Gasteiger partial charge < -0.3 is 0 Å². The lowest BCUT2D eigenvalue weighted by atomic mass is 10.2. The highest BCUT2D eigenvalue weighted by molar-refractivity contribution is 8.00. The maximum atomic E-state index is 13.2. The number of amides is 1. The van der Waals surface area contributed by atoms with Gasteiger partial charge in [-0.3, -0.25) is 9.69 Å². The molecule has 152 valence electrons. The second kappa shape index (κ2) is 9.40. The van der Waals surface area contributed by atoms with Gasteiger partial charge in [0, 0.05) is 9.92 Å². The molecule has 0 radical (unpaired) electrons. The molecule has 30 heavy (non-hydrogen) atoms. The average Bonchev–Trinajstić information content (AvgIpc) is 3.21. The van der Waals surface area contributed by atoms with E-state index in [1.54, 1.807) is 4.90 Å². The molecule has 0 fully saturated rings. The summed E-state index contributed by atoms with van der Waals surface area (Å²) in [6.07, 6.45) is 0. The minimum atomic E-state index is -0.00775. The first-order valence-electron chi connectivity index (χ1n) is 9.29. The molecule has 0 aliphatic rings. The second-order valence-electron chi connectivity index (χ2n) is 6.75. The number of carbonyl (C=O) groups excluding carboxylic acids is 1. The monoisotopic (exact) mass is 472 g/mol. The van der Waals surface area contributed by atoms with Crippen LogP contribution in [-0.4, -0.2) is 16.6 Å². The summed E-state index contributed by atoms with van der Waals surface area (Å²) in [5.41, 5.74) is 2.93. The van der Waals surface area contributed by atoms with Crippen LogP contribution in [-0.2, 0) is 11.3 Å². The molecular weight excluding hydrogens is 455 g/mol. The van der Waals surface area contributed by atoms with Gasteiger partial charge in [-0.1, -0.05) is 70.9 Å². The lowest BCUT2D eigenvalue weighted by molar-refractivity contribution is -0.116. The first kappa shape index (κ1) is 21.2. The minimum absolute atomic E-state index is 0.00775. The van der Waals surface area contributed by atoms with E-state index in [1.807, 2.05) is 73.7 Å². The Bertz CT molecular complexity index is 1140. The predicted octanol–water partition coefficient (Wildman–Crippen LogP) is 7.24. The Kier molecular flexibility index (Phi) is 6.64. The van der Waals surface area contributed by atoms with E-state index >= 15 is 0 Å². The zero-order valence-electron chi connectivity index (χ0n) is 16.1. The van der Waals surface area contributed by atoms with Crippen LogP contribution < -0.4 is 4.90 Å². The van der Waals surface area contributed by atoms with E-state index in [0.29, 0.717) is 27.5 Å². The summed E-state index contributed by atoms with van der Waals surface area (Å²) in [6, 6.07) is 21.3. The first-order chi connectivity index (χ1) is 14.5. The molecule has 0 saturated carbocycles. The van der Waals surface area contributed by atoms with Crippen molar-refractivity contribution in [1.82, 2.24) is 4.98 Å². The molecule has 0 N–H and O–H groups in total. The summed E-state index contributed by atoms with van der Waals surface area (Å²) in [5.74, 6) is 0.295. The van der Waals surface area contributed by atoms with E-state index in [0.717, 1.165) is 26.2 Å². The molecule has 1 aromatic heterocycles. The molecule has 0 bridgehead atoms. The lowest BCUT2D eigenvalue weighted by Gasteiger charge is -2.20. The van der Waals surface area contributed by atoms with E-state index in [1.165, 1.54) is 23.1 Å². The van der Waals surface area contributed by atoms with E-state index in [2.05, 4.69) is 0 Å². The highest BCUT2D eigenvalue weighted by atomic mass is 35.5. The van der Waals surface area contributed by atoms with Gasteiger partial charge in [0.25, 0.3) is 0 Å². The number of thiazole rings is 1. The number of fused-ring (bicyclic) bond motifs is 1. The SMILES string of the molecule is Cc1ccc(Cl)c2sc(N(Cc3ccccc3)C(=O)CSc3ccc(Cl)cc3)nc12. The number of aromatic nitrogens is 1. The van der Waals surface area contributed by atoms with Crippen LogP contribution in [0.4, 0.5) is 5.13 Å². The molecule has 0 aliphatic heterocycles. The average molecular weight is 473 g/mol. The standard InChI is InChI=1S/C23H18Cl2N2OS2/c1-15-7-12-19(25)22-21(15)26-23(30-22)27(13-16-5-3-2-4-6-16)20(28)14-29-18-10-8-17(24)9-11-18/h2-12H,13-14H2,1H3. The van der Waals surface area contributed by atoms with E-state index in [-0.39, 0.29) is 5.91 Å². The molecule has 0 saturated heterocycles. The maximum Gasteiger partial charge on any atom is 0.239 e. The number of thioether (sulfide) groups is 1. The number of rotatable bonds is 6. The van der Waals surface area contributed by atoms with Crippen molar-refractivity contribution in [3.05, 3.63) is 87.9 Å². The number of aryl methyl sites for hydroxylation is 1. The van der Waals surface area contributed by atoms with Gasteiger partial charge in [-0.2, -0.15) is 0 Å². The largest absolute Gasteiger partial charge is 0.283 e. The molecule has 4 rings (SSSR count). The molecule has 1 heterocycles. The summed E-state index contributed by atoms with van der Waals surface area (Å²) in [7, 11) is 0. The van der Waals surface area contributed by atoms with Crippen LogP contribution in [0.25, 0.3) is 10.2 Å². The van der Waals surface area contributed by atoms with Crippen molar-refractivity contribution in [3.63, 3.8) is 0 Å². The maximum absolute atomic E-state index is 13.2. The third-order valence-electron chi connectivity index (χ3n) is 4.58. The van der Waals surface area contributed by atoms with Crippen molar-refractivity contribution in [2.75, 3.05) is 10.7 Å². The van der Waals surface area contributed by atoms with Crippen molar-refractivity contribution in [2.24, 2.45) is 0 Å². The highest BCUT2D eigenvalue weighted by Gasteiger charge is 2.21. The minimum Gasteiger partial charge on any atom is -0.283 e. The van der Waals surface area contributed by atoms with Crippen molar-refractivity contribution < 1.29 is 4.79 Å². The van der Waals surface area contributed by atoms with Crippen LogP contribution in [0, 0.1) is 6.92 Å². The van der Waals surface area contributed by atoms with E-state index in [9.17, 15) is 4.79 Å². The second-order valence-corrected chi connectivity index (χ2v) is 9.62. The number of anilines is 1. The summed E-state index contributed by atoms with van der Waals surface area (Å²) in [6.45, 7) is 2.46. The number of nitrogens with zero attached hydrogens (tertiary/aromatic N) is 2. The predicted molar refractivity (Wildman–Crippen MR) is 129 cm³/mol. The van der Waals surface area contributed by atoms with Gasteiger partial charge >= 0.3 is 0 Å². The third kappa shape index (κ3) is 4.81. The van der Waals surface area contributed by atoms with Gasteiger partial charge in [-0.05, 0) is 48.4 Å². The summed E-state index contributed by atoms with van der Waals surface area (Å²) < 4.78 is 0.905. The van der Waals surface area contributed by atoms with Crippen LogP contribution >= 0.6 is 46.3 Å². The lowest BCUT2D eigenvalue weighted by Crippen LogP contribution is -2.31. The molecular formula is C23H18Cl2N2OS2. The third-order valence-corrected chi connectivity index (χ3v) is 7.36. The van der Waals surface area contributed by atoms with Crippen molar-refractivity contribution in [3.8, 4) is 0 Å². The Balaban J connectivity index is 1.64. The van der Waals surface area contributed by atoms with E-state index < -0.39 is 0 Å². The number of halogens is 2. The number of hydrogen-bond donors (Lipinski definition) is 0. The zero-order chi connectivity index (χ0) is 21.1. The van der Waals surface area contributed by atoms with Gasteiger partial charge in [0.2, 0.25) is 5.91 Å². The van der Waals surface area contributed by atoms with Crippen LogP contribution in [0.5, 0.6) is 0 Å². The Morgan fingerprint density at radius 1 is 1.03 bits per heavy atom. The molecule has 0 aliphatic carbocycles. The Morgan fingerprint density at radius 2 is 1.77 bits per heavy atom. The fraction of sp³-hybridized carbons (Fsp3) is 0.130. The summed E-state index contributed by atoms with van der Waals surface area (Å²) in [4.78, 5) is 20.8. The highest BCUT2D eigenvalue weighted by Crippen LogP contribution is 2.36. The molecule has 4 aromatic rings. The van der Waals surface area contributed by atoms with Crippen LogP contribution in [0.15, 0.2) is 71.6 Å². The zero-order valence-corrected chi connectivity index (χ0v) is 19.3. The van der Waals surface area contributed by atoms with Crippen molar-refractivity contribution >= 4 is 67.6 Å². The van der Waals surface area contributed by atoms with Gasteiger partial charge in [0.1, 0.15) is 0 Å². The van der Waals surface area contributed by atoms with Gasteiger partial charge in [0.05, 0.1) is 27.5 Å². The summed E-state index contributed by atoms with van der Waals surface area (Å²) in [5, 5.41) is 1.99. The normalized spacial score (nSPS) is 11.0. The Hall–Kier alpha value is -2.05. The van der Waals surface area contributed by atoms with Crippen molar-refractivity contribution in [1.29, 1.82) is 0 Å². The molecule has 3 nitrogen and oxygen atoms in total. The fourth-order valence-corrected chi connectivity index (χ4v) is 5.22. The number of hydrogen-bond acceptors (Lipinski definition) is 4. The number of carbonyl (C=O) groups is 1. The first-order valence-corrected chi connectivity index (χ1v) is 11.9. The quantitative estimate of drug-likeness (QED) is 0.277. The summed E-state index contributed by atoms with van der Waals surface area (Å²) >= 11 is 15.3. The van der Waals surface area contributed by atoms with Crippen molar-refractivity contribution in [2.45, 2.75) is 18.4 Å². The Labute approximate surface area is 193 Å².